The molecule has 1 aromatic rings. The Labute approximate surface area is 152 Å². The molecular formula is C21H33NO3. The van der Waals surface area contributed by atoms with Gasteiger partial charge < -0.3 is 14.6 Å². The molecule has 1 aliphatic carbocycles. The van der Waals surface area contributed by atoms with Crippen LogP contribution < -0.4 is 4.74 Å². The Balaban J connectivity index is 1.46. The van der Waals surface area contributed by atoms with Crippen molar-refractivity contribution in [3.8, 4) is 5.75 Å². The fourth-order valence-electron chi connectivity index (χ4n) is 5.19. The van der Waals surface area contributed by atoms with Crippen molar-refractivity contribution in [3.63, 3.8) is 0 Å². The molecule has 1 N–H and O–H groups in total. The normalized spacial score (nSPS) is 29.6. The van der Waals surface area contributed by atoms with Crippen molar-refractivity contribution in [2.75, 3.05) is 26.8 Å². The van der Waals surface area contributed by atoms with Crippen LogP contribution in [0.2, 0.25) is 0 Å². The lowest BCUT2D eigenvalue weighted by Crippen LogP contribution is -2.39. The standard InChI is InChI=1S/C21H33NO3/c1-20(2)9-17-10-21(3,14-20)15-22(17)11-18(23)13-25-12-16-6-5-7-19(8-16)24-4/h5-8,17-18,23H,9-15H2,1-4H3. The van der Waals surface area contributed by atoms with Crippen LogP contribution in [0.15, 0.2) is 24.3 Å². The first-order chi connectivity index (χ1) is 11.8. The van der Waals surface area contributed by atoms with Crippen LogP contribution in [-0.4, -0.2) is 49.0 Å². The molecule has 0 aromatic heterocycles. The highest BCUT2D eigenvalue weighted by atomic mass is 16.5. The maximum Gasteiger partial charge on any atom is 0.119 e. The zero-order valence-electron chi connectivity index (χ0n) is 16.1. The van der Waals surface area contributed by atoms with E-state index < -0.39 is 6.10 Å². The van der Waals surface area contributed by atoms with Crippen molar-refractivity contribution in [3.05, 3.63) is 29.8 Å². The molecule has 3 unspecified atom stereocenters. The van der Waals surface area contributed by atoms with Crippen LogP contribution in [0.25, 0.3) is 0 Å². The second kappa shape index (κ2) is 7.26. The third-order valence-corrected chi connectivity index (χ3v) is 5.68. The summed E-state index contributed by atoms with van der Waals surface area (Å²) in [5, 5.41) is 10.4. The second-order valence-corrected chi connectivity index (χ2v) is 9.16. The van der Waals surface area contributed by atoms with Crippen molar-refractivity contribution in [1.82, 2.24) is 4.90 Å². The van der Waals surface area contributed by atoms with E-state index in [4.69, 9.17) is 9.47 Å². The molecule has 1 aromatic carbocycles. The molecule has 1 heterocycles. The van der Waals surface area contributed by atoms with E-state index in [1.807, 2.05) is 24.3 Å². The van der Waals surface area contributed by atoms with Crippen LogP contribution >= 0.6 is 0 Å². The number of aliphatic hydroxyl groups excluding tert-OH is 1. The lowest BCUT2D eigenvalue weighted by molar-refractivity contribution is 0.00603. The monoisotopic (exact) mass is 347 g/mol. The van der Waals surface area contributed by atoms with E-state index >= 15 is 0 Å². The Morgan fingerprint density at radius 1 is 1.28 bits per heavy atom. The van der Waals surface area contributed by atoms with Gasteiger partial charge in [0, 0.05) is 19.1 Å². The minimum Gasteiger partial charge on any atom is -0.497 e. The van der Waals surface area contributed by atoms with Gasteiger partial charge in [-0.25, -0.2) is 0 Å². The van der Waals surface area contributed by atoms with E-state index in [-0.39, 0.29) is 0 Å². The SMILES string of the molecule is COc1cccc(COCC(O)CN2CC3(C)CC2CC(C)(C)C3)c1. The van der Waals surface area contributed by atoms with Gasteiger partial charge in [-0.05, 0) is 47.8 Å². The number of methoxy groups -OCH3 is 1. The summed E-state index contributed by atoms with van der Waals surface area (Å²) in [5.41, 5.74) is 1.89. The number of rotatable bonds is 7. The van der Waals surface area contributed by atoms with Crippen molar-refractivity contribution in [1.29, 1.82) is 0 Å². The van der Waals surface area contributed by atoms with Crippen LogP contribution in [0, 0.1) is 10.8 Å². The number of hydrogen-bond donors (Lipinski definition) is 1. The van der Waals surface area contributed by atoms with Gasteiger partial charge in [0.25, 0.3) is 0 Å². The average molecular weight is 347 g/mol. The minimum atomic E-state index is -0.434. The predicted octanol–water partition coefficient (Wildman–Crippen LogP) is 3.47. The van der Waals surface area contributed by atoms with Crippen LogP contribution in [0.5, 0.6) is 5.75 Å². The molecule has 1 saturated carbocycles. The highest BCUT2D eigenvalue weighted by Crippen LogP contribution is 2.52. The summed E-state index contributed by atoms with van der Waals surface area (Å²) in [6, 6.07) is 8.48. The summed E-state index contributed by atoms with van der Waals surface area (Å²) in [4.78, 5) is 2.49. The predicted molar refractivity (Wildman–Crippen MR) is 99.8 cm³/mol. The van der Waals surface area contributed by atoms with Gasteiger partial charge in [-0.3, -0.25) is 4.90 Å². The number of benzene rings is 1. The third-order valence-electron chi connectivity index (χ3n) is 5.68. The number of aliphatic hydroxyl groups is 1. The fraction of sp³-hybridized carbons (Fsp3) is 0.714. The van der Waals surface area contributed by atoms with Crippen molar-refractivity contribution in [2.45, 2.75) is 58.8 Å². The van der Waals surface area contributed by atoms with Crippen molar-refractivity contribution < 1.29 is 14.6 Å². The van der Waals surface area contributed by atoms with Crippen LogP contribution in [0.3, 0.4) is 0 Å². The molecule has 0 radical (unpaired) electrons. The molecule has 4 nitrogen and oxygen atoms in total. The molecule has 2 aliphatic rings. The summed E-state index contributed by atoms with van der Waals surface area (Å²) < 4.78 is 11.0. The van der Waals surface area contributed by atoms with Gasteiger partial charge in [-0.15, -0.1) is 0 Å². The fourth-order valence-corrected chi connectivity index (χ4v) is 5.19. The number of β-amino-alcohol motifs (C(OH)–C–C–N with tert-alkyl or cyclic N) is 1. The molecule has 2 bridgehead atoms. The lowest BCUT2D eigenvalue weighted by Gasteiger charge is -2.40. The van der Waals surface area contributed by atoms with Crippen molar-refractivity contribution in [2.24, 2.45) is 10.8 Å². The number of likely N-dealkylation sites (tertiary alicyclic amines) is 1. The number of nitrogens with zero attached hydrogens (tertiary/aromatic N) is 1. The van der Waals surface area contributed by atoms with Gasteiger partial charge in [-0.2, -0.15) is 0 Å². The molecule has 1 saturated heterocycles. The third kappa shape index (κ3) is 4.75. The lowest BCUT2D eigenvalue weighted by atomic mass is 9.65. The summed E-state index contributed by atoms with van der Waals surface area (Å²) >= 11 is 0. The first-order valence-electron chi connectivity index (χ1n) is 9.41. The van der Waals surface area contributed by atoms with E-state index in [9.17, 15) is 5.11 Å². The Bertz CT molecular complexity index is 588. The first kappa shape index (κ1) is 18.7. The number of fused-ring (bicyclic) bond motifs is 2. The van der Waals surface area contributed by atoms with Gasteiger partial charge >= 0.3 is 0 Å². The maximum atomic E-state index is 10.4. The average Bonchev–Trinajstić information content (AvgIpc) is 2.75. The number of hydrogen-bond acceptors (Lipinski definition) is 4. The highest BCUT2D eigenvalue weighted by molar-refractivity contribution is 5.27. The van der Waals surface area contributed by atoms with Crippen LogP contribution in [-0.2, 0) is 11.3 Å². The summed E-state index contributed by atoms with van der Waals surface area (Å²) in [6.45, 7) is 9.88. The Hall–Kier alpha value is -1.10. The summed E-state index contributed by atoms with van der Waals surface area (Å²) in [7, 11) is 1.66. The van der Waals surface area contributed by atoms with E-state index in [1.54, 1.807) is 7.11 Å². The van der Waals surface area contributed by atoms with Gasteiger partial charge in [0.15, 0.2) is 0 Å². The molecular weight excluding hydrogens is 314 g/mol. The van der Waals surface area contributed by atoms with Gasteiger partial charge in [0.1, 0.15) is 5.75 Å². The van der Waals surface area contributed by atoms with Crippen LogP contribution in [0.4, 0.5) is 0 Å². The zero-order valence-corrected chi connectivity index (χ0v) is 16.1. The van der Waals surface area contributed by atoms with Crippen molar-refractivity contribution >= 4 is 0 Å². The largest absolute Gasteiger partial charge is 0.497 e. The quantitative estimate of drug-likeness (QED) is 0.820. The Kier molecular flexibility index (Phi) is 5.42. The van der Waals surface area contributed by atoms with Gasteiger partial charge in [-0.1, -0.05) is 32.9 Å². The smallest absolute Gasteiger partial charge is 0.119 e. The number of ether oxygens (including phenoxy) is 2. The molecule has 3 atom stereocenters. The topological polar surface area (TPSA) is 41.9 Å². The van der Waals surface area contributed by atoms with Gasteiger partial charge in [0.05, 0.1) is 26.4 Å². The van der Waals surface area contributed by atoms with E-state index in [1.165, 1.54) is 19.3 Å². The van der Waals surface area contributed by atoms with Gasteiger partial charge in [0.2, 0.25) is 0 Å². The molecule has 2 fully saturated rings. The molecule has 140 valence electrons. The molecule has 4 heteroatoms. The summed E-state index contributed by atoms with van der Waals surface area (Å²) in [6.07, 6.45) is 3.36. The van der Waals surface area contributed by atoms with E-state index in [0.717, 1.165) is 17.9 Å². The molecule has 0 spiro atoms. The van der Waals surface area contributed by atoms with Crippen LogP contribution in [0.1, 0.15) is 45.6 Å². The Morgan fingerprint density at radius 2 is 2.08 bits per heavy atom. The summed E-state index contributed by atoms with van der Waals surface area (Å²) in [5.74, 6) is 0.835. The Morgan fingerprint density at radius 3 is 2.84 bits per heavy atom. The molecule has 0 amide bonds. The maximum absolute atomic E-state index is 10.4. The van der Waals surface area contributed by atoms with E-state index in [2.05, 4.69) is 25.7 Å². The van der Waals surface area contributed by atoms with E-state index in [0.29, 0.717) is 36.6 Å². The minimum absolute atomic E-state index is 0.376. The second-order valence-electron chi connectivity index (χ2n) is 9.16. The molecule has 25 heavy (non-hydrogen) atoms. The highest BCUT2D eigenvalue weighted by Gasteiger charge is 2.49. The molecule has 3 rings (SSSR count). The zero-order chi connectivity index (χ0) is 18.1. The molecule has 1 aliphatic heterocycles. The first-order valence-corrected chi connectivity index (χ1v) is 9.41.